The number of carbonyl (C=O) groups is 1. The normalized spacial score (nSPS) is 10.5. The second-order valence-corrected chi connectivity index (χ2v) is 6.80. The van der Waals surface area contributed by atoms with Gasteiger partial charge in [-0.1, -0.05) is 44.7 Å². The van der Waals surface area contributed by atoms with E-state index in [1.54, 1.807) is 37.4 Å². The minimum absolute atomic E-state index is 0.144. The highest BCUT2D eigenvalue weighted by Gasteiger charge is 2.11. The molecule has 0 aliphatic carbocycles. The maximum atomic E-state index is 12.4. The van der Waals surface area contributed by atoms with Gasteiger partial charge in [0.25, 0.3) is 5.91 Å². The molecule has 0 spiro atoms. The summed E-state index contributed by atoms with van der Waals surface area (Å²) in [4.78, 5) is 12.4. The van der Waals surface area contributed by atoms with E-state index in [0.717, 1.165) is 18.4 Å². The summed E-state index contributed by atoms with van der Waals surface area (Å²) in [6.45, 7) is 3.33. The van der Waals surface area contributed by atoms with Crippen LogP contribution in [0.15, 0.2) is 42.5 Å². The lowest BCUT2D eigenvalue weighted by Crippen LogP contribution is -2.25. The van der Waals surface area contributed by atoms with Crippen LogP contribution in [-0.4, -0.2) is 31.3 Å². The van der Waals surface area contributed by atoms with Gasteiger partial charge in [-0.2, -0.15) is 0 Å². The number of amides is 1. The van der Waals surface area contributed by atoms with Crippen molar-refractivity contribution in [2.45, 2.75) is 45.4 Å². The van der Waals surface area contributed by atoms with Crippen LogP contribution in [0.4, 0.5) is 0 Å². The molecule has 0 aliphatic rings. The van der Waals surface area contributed by atoms with Crippen LogP contribution < -0.4 is 14.8 Å². The molecule has 2 rings (SSSR count). The summed E-state index contributed by atoms with van der Waals surface area (Å²) in [5.41, 5.74) is 1.60. The largest absolute Gasteiger partial charge is 0.508 e. The van der Waals surface area contributed by atoms with Crippen molar-refractivity contribution in [3.8, 4) is 17.2 Å². The van der Waals surface area contributed by atoms with Crippen LogP contribution in [0.5, 0.6) is 17.2 Å². The zero-order chi connectivity index (χ0) is 20.2. The Morgan fingerprint density at radius 1 is 1.00 bits per heavy atom. The third kappa shape index (κ3) is 7.14. The average molecular weight is 386 g/mol. The zero-order valence-electron chi connectivity index (χ0n) is 16.9. The van der Waals surface area contributed by atoms with Crippen molar-refractivity contribution in [1.82, 2.24) is 5.32 Å². The van der Waals surface area contributed by atoms with Gasteiger partial charge in [0.2, 0.25) is 0 Å². The SMILES string of the molecule is CCCCCCCOc1cc(C(=O)NCCc2ccc(O)cc2)ccc1OC. The van der Waals surface area contributed by atoms with Crippen LogP contribution in [0.2, 0.25) is 0 Å². The predicted octanol–water partition coefficient (Wildman–Crippen LogP) is 4.72. The van der Waals surface area contributed by atoms with Crippen molar-refractivity contribution in [3.63, 3.8) is 0 Å². The first-order chi connectivity index (χ1) is 13.6. The minimum atomic E-state index is -0.144. The highest BCUT2D eigenvalue weighted by atomic mass is 16.5. The second kappa shape index (κ2) is 11.9. The monoisotopic (exact) mass is 385 g/mol. The number of carbonyl (C=O) groups excluding carboxylic acids is 1. The van der Waals surface area contributed by atoms with Gasteiger partial charge < -0.3 is 19.9 Å². The van der Waals surface area contributed by atoms with E-state index in [9.17, 15) is 9.90 Å². The molecule has 0 unspecified atom stereocenters. The van der Waals surface area contributed by atoms with E-state index < -0.39 is 0 Å². The number of methoxy groups -OCH3 is 1. The van der Waals surface area contributed by atoms with Crippen LogP contribution in [0, 0.1) is 0 Å². The Morgan fingerprint density at radius 3 is 2.46 bits per heavy atom. The lowest BCUT2D eigenvalue weighted by atomic mass is 10.1. The Balaban J connectivity index is 1.85. The first-order valence-corrected chi connectivity index (χ1v) is 10.0. The molecule has 152 valence electrons. The lowest BCUT2D eigenvalue weighted by Gasteiger charge is -2.12. The smallest absolute Gasteiger partial charge is 0.251 e. The molecule has 5 nitrogen and oxygen atoms in total. The Hall–Kier alpha value is -2.69. The average Bonchev–Trinajstić information content (AvgIpc) is 2.71. The van der Waals surface area contributed by atoms with Gasteiger partial charge >= 0.3 is 0 Å². The zero-order valence-corrected chi connectivity index (χ0v) is 16.9. The molecule has 28 heavy (non-hydrogen) atoms. The second-order valence-electron chi connectivity index (χ2n) is 6.80. The Labute approximate surface area is 167 Å². The van der Waals surface area contributed by atoms with Gasteiger partial charge in [0.1, 0.15) is 5.75 Å². The number of hydrogen-bond donors (Lipinski definition) is 2. The molecule has 0 heterocycles. The van der Waals surface area contributed by atoms with Gasteiger partial charge in [0.15, 0.2) is 11.5 Å². The number of phenols is 1. The molecule has 2 N–H and O–H groups in total. The third-order valence-corrected chi connectivity index (χ3v) is 4.57. The number of phenolic OH excluding ortho intramolecular Hbond substituents is 1. The molecule has 2 aromatic rings. The molecule has 0 aliphatic heterocycles. The molecule has 1 amide bonds. The summed E-state index contributed by atoms with van der Waals surface area (Å²) >= 11 is 0. The Morgan fingerprint density at radius 2 is 1.75 bits per heavy atom. The number of nitrogens with one attached hydrogen (secondary N) is 1. The molecule has 0 radical (unpaired) electrons. The maximum absolute atomic E-state index is 12.4. The molecule has 0 aromatic heterocycles. The number of aromatic hydroxyl groups is 1. The van der Waals surface area contributed by atoms with Crippen LogP contribution in [0.3, 0.4) is 0 Å². The molecule has 0 saturated carbocycles. The van der Waals surface area contributed by atoms with Crippen LogP contribution in [-0.2, 0) is 6.42 Å². The highest BCUT2D eigenvalue weighted by molar-refractivity contribution is 5.94. The Bertz CT molecular complexity index is 728. The van der Waals surface area contributed by atoms with Crippen molar-refractivity contribution < 1.29 is 19.4 Å². The predicted molar refractivity (Wildman–Crippen MR) is 111 cm³/mol. The van der Waals surface area contributed by atoms with E-state index >= 15 is 0 Å². The molecule has 0 fully saturated rings. The molecule has 2 aromatic carbocycles. The lowest BCUT2D eigenvalue weighted by molar-refractivity contribution is 0.0953. The van der Waals surface area contributed by atoms with Crippen LogP contribution in [0.25, 0.3) is 0 Å². The first kappa shape index (κ1) is 21.6. The minimum Gasteiger partial charge on any atom is -0.508 e. The standard InChI is InChI=1S/C23H31NO4/c1-3-4-5-6-7-16-28-22-17-19(10-13-21(22)27-2)23(26)24-15-14-18-8-11-20(25)12-9-18/h8-13,17,25H,3-7,14-16H2,1-2H3,(H,24,26). The highest BCUT2D eigenvalue weighted by Crippen LogP contribution is 2.28. The topological polar surface area (TPSA) is 67.8 Å². The van der Waals surface area contributed by atoms with Crippen LogP contribution in [0.1, 0.15) is 54.9 Å². The fourth-order valence-electron chi connectivity index (χ4n) is 2.90. The summed E-state index contributed by atoms with van der Waals surface area (Å²) in [6.07, 6.45) is 6.53. The van der Waals surface area contributed by atoms with E-state index in [4.69, 9.17) is 9.47 Å². The maximum Gasteiger partial charge on any atom is 0.251 e. The fourth-order valence-corrected chi connectivity index (χ4v) is 2.90. The van der Waals surface area contributed by atoms with Crippen molar-refractivity contribution in [1.29, 1.82) is 0 Å². The van der Waals surface area contributed by atoms with Crippen molar-refractivity contribution in [3.05, 3.63) is 53.6 Å². The van der Waals surface area contributed by atoms with E-state index in [-0.39, 0.29) is 11.7 Å². The number of unbranched alkanes of at least 4 members (excludes halogenated alkanes) is 4. The summed E-state index contributed by atoms with van der Waals surface area (Å²) in [7, 11) is 1.60. The number of ether oxygens (including phenoxy) is 2. The van der Waals surface area contributed by atoms with Crippen molar-refractivity contribution in [2.75, 3.05) is 20.3 Å². The Kier molecular flexibility index (Phi) is 9.19. The van der Waals surface area contributed by atoms with Gasteiger partial charge in [0.05, 0.1) is 13.7 Å². The summed E-state index contributed by atoms with van der Waals surface area (Å²) < 4.78 is 11.2. The summed E-state index contributed by atoms with van der Waals surface area (Å²) in [5.74, 6) is 1.33. The van der Waals surface area contributed by atoms with E-state index in [2.05, 4.69) is 12.2 Å². The molecular weight excluding hydrogens is 354 g/mol. The fraction of sp³-hybridized carbons (Fsp3) is 0.435. The van der Waals surface area contributed by atoms with E-state index in [1.165, 1.54) is 19.3 Å². The van der Waals surface area contributed by atoms with E-state index in [0.29, 0.717) is 36.6 Å². The van der Waals surface area contributed by atoms with Crippen molar-refractivity contribution in [2.24, 2.45) is 0 Å². The van der Waals surface area contributed by atoms with E-state index in [1.807, 2.05) is 12.1 Å². The quantitative estimate of drug-likeness (QED) is 0.519. The number of benzene rings is 2. The van der Waals surface area contributed by atoms with Crippen LogP contribution >= 0.6 is 0 Å². The molecular formula is C23H31NO4. The van der Waals surface area contributed by atoms with Gasteiger partial charge in [-0.3, -0.25) is 4.79 Å². The first-order valence-electron chi connectivity index (χ1n) is 10.0. The number of hydrogen-bond acceptors (Lipinski definition) is 4. The van der Waals surface area contributed by atoms with Gasteiger partial charge in [-0.15, -0.1) is 0 Å². The molecule has 0 saturated heterocycles. The summed E-state index contributed by atoms with van der Waals surface area (Å²) in [5, 5.41) is 12.2. The third-order valence-electron chi connectivity index (χ3n) is 4.57. The van der Waals surface area contributed by atoms with Gasteiger partial charge in [-0.25, -0.2) is 0 Å². The summed E-state index contributed by atoms with van der Waals surface area (Å²) in [6, 6.07) is 12.2. The van der Waals surface area contributed by atoms with Crippen molar-refractivity contribution >= 4 is 5.91 Å². The molecule has 5 heteroatoms. The number of rotatable bonds is 12. The van der Waals surface area contributed by atoms with Gasteiger partial charge in [0, 0.05) is 12.1 Å². The molecule has 0 bridgehead atoms. The molecule has 0 atom stereocenters. The van der Waals surface area contributed by atoms with Gasteiger partial charge in [-0.05, 0) is 48.7 Å².